The number of hydrogen-bond donors (Lipinski definition) is 1. The number of carbonyl (C=O) groups excluding carboxylic acids is 2. The molecule has 0 saturated carbocycles. The van der Waals surface area contributed by atoms with Crippen molar-refractivity contribution in [1.82, 2.24) is 15.3 Å². The molecule has 1 aromatic carbocycles. The second-order valence-corrected chi connectivity index (χ2v) is 3.59. The van der Waals surface area contributed by atoms with Crippen molar-refractivity contribution in [3.8, 4) is 0 Å². The maximum Gasteiger partial charge on any atom is 0.329 e. The number of hydrogen-bond acceptors (Lipinski definition) is 4. The average molecular weight is 228 g/mol. The van der Waals surface area contributed by atoms with Gasteiger partial charge in [-0.15, -0.1) is 0 Å². The monoisotopic (exact) mass is 228 g/mol. The minimum absolute atomic E-state index is 0.0233. The number of benzene rings is 1. The summed E-state index contributed by atoms with van der Waals surface area (Å²) in [6, 6.07) is 4.78. The Labute approximate surface area is 96.3 Å². The minimum atomic E-state index is -0.423. The van der Waals surface area contributed by atoms with E-state index in [1.807, 2.05) is 0 Å². The molecule has 1 N–H and O–H groups in total. The number of fused-ring (bicyclic) bond motifs is 1. The maximum atomic E-state index is 11.6. The smallest absolute Gasteiger partial charge is 0.328 e. The Morgan fingerprint density at radius 3 is 2.76 bits per heavy atom. The van der Waals surface area contributed by atoms with E-state index in [0.29, 0.717) is 16.7 Å². The van der Waals surface area contributed by atoms with E-state index in [1.54, 1.807) is 24.4 Å². The molecule has 1 aliphatic rings. The minimum Gasteiger partial charge on any atom is -0.328 e. The molecular formula is C11H8N4O2. The van der Waals surface area contributed by atoms with Gasteiger partial charge < -0.3 is 5.32 Å². The third-order valence-corrected chi connectivity index (χ3v) is 2.56. The first-order valence-electron chi connectivity index (χ1n) is 5.08. The molecule has 0 bridgehead atoms. The van der Waals surface area contributed by atoms with E-state index < -0.39 is 6.03 Å². The fourth-order valence-electron chi connectivity index (χ4n) is 1.82. The van der Waals surface area contributed by atoms with Crippen LogP contribution in [0.5, 0.6) is 0 Å². The summed E-state index contributed by atoms with van der Waals surface area (Å²) >= 11 is 0. The summed E-state index contributed by atoms with van der Waals surface area (Å²) in [7, 11) is 0. The molecule has 3 amide bonds. The molecule has 0 aliphatic carbocycles. The largest absolute Gasteiger partial charge is 0.329 e. The van der Waals surface area contributed by atoms with Crippen molar-refractivity contribution >= 4 is 28.7 Å². The Balaban J connectivity index is 2.23. The van der Waals surface area contributed by atoms with Crippen molar-refractivity contribution in [1.29, 1.82) is 0 Å². The number of amides is 3. The topological polar surface area (TPSA) is 75.2 Å². The highest BCUT2D eigenvalue weighted by molar-refractivity contribution is 6.22. The SMILES string of the molecule is O=C1CNC(=O)N1c1cccc2nccnc12. The van der Waals surface area contributed by atoms with Crippen molar-refractivity contribution in [3.05, 3.63) is 30.6 Å². The van der Waals surface area contributed by atoms with E-state index in [4.69, 9.17) is 0 Å². The van der Waals surface area contributed by atoms with E-state index in [0.717, 1.165) is 4.90 Å². The van der Waals surface area contributed by atoms with Gasteiger partial charge in [-0.3, -0.25) is 14.8 Å². The number of nitrogens with one attached hydrogen (secondary N) is 1. The Morgan fingerprint density at radius 1 is 1.18 bits per heavy atom. The number of urea groups is 1. The van der Waals surface area contributed by atoms with Crippen LogP contribution in [-0.4, -0.2) is 28.5 Å². The molecular weight excluding hydrogens is 220 g/mol. The van der Waals surface area contributed by atoms with Crippen LogP contribution in [0.4, 0.5) is 10.5 Å². The van der Waals surface area contributed by atoms with Crippen LogP contribution < -0.4 is 10.2 Å². The summed E-state index contributed by atoms with van der Waals surface area (Å²) < 4.78 is 0. The highest BCUT2D eigenvalue weighted by Crippen LogP contribution is 2.24. The molecule has 1 fully saturated rings. The van der Waals surface area contributed by atoms with Crippen molar-refractivity contribution in [2.75, 3.05) is 11.4 Å². The Bertz CT molecular complexity index is 604. The van der Waals surface area contributed by atoms with Crippen LogP contribution in [0.2, 0.25) is 0 Å². The first-order valence-corrected chi connectivity index (χ1v) is 5.08. The highest BCUT2D eigenvalue weighted by atomic mass is 16.2. The summed E-state index contributed by atoms with van der Waals surface area (Å²) in [6.45, 7) is 0.0233. The molecule has 84 valence electrons. The van der Waals surface area contributed by atoms with Crippen LogP contribution in [-0.2, 0) is 4.79 Å². The molecule has 6 nitrogen and oxygen atoms in total. The molecule has 0 unspecified atom stereocenters. The molecule has 2 heterocycles. The molecule has 3 rings (SSSR count). The number of carbonyl (C=O) groups is 2. The zero-order chi connectivity index (χ0) is 11.8. The molecule has 2 aromatic rings. The summed E-state index contributed by atoms with van der Waals surface area (Å²) in [5, 5.41) is 2.47. The molecule has 1 aromatic heterocycles. The standard InChI is InChI=1S/C11H8N4O2/c16-9-6-14-11(17)15(9)8-3-1-2-7-10(8)13-5-4-12-7/h1-5H,6H2,(H,14,17). The molecule has 0 radical (unpaired) electrons. The molecule has 0 atom stereocenters. The quantitative estimate of drug-likeness (QED) is 0.728. The number of imide groups is 1. The molecule has 1 aliphatic heterocycles. The molecule has 1 saturated heterocycles. The van der Waals surface area contributed by atoms with Crippen molar-refractivity contribution in [2.45, 2.75) is 0 Å². The van der Waals surface area contributed by atoms with E-state index in [1.165, 1.54) is 6.20 Å². The van der Waals surface area contributed by atoms with Crippen LogP contribution in [0.1, 0.15) is 0 Å². The zero-order valence-electron chi connectivity index (χ0n) is 8.75. The lowest BCUT2D eigenvalue weighted by atomic mass is 10.2. The number of rotatable bonds is 1. The summed E-state index contributed by atoms with van der Waals surface area (Å²) in [4.78, 5) is 32.6. The third kappa shape index (κ3) is 1.42. The fourth-order valence-corrected chi connectivity index (χ4v) is 1.82. The Hall–Kier alpha value is -2.50. The van der Waals surface area contributed by atoms with E-state index >= 15 is 0 Å². The van der Waals surface area contributed by atoms with Gasteiger partial charge in [-0.25, -0.2) is 9.69 Å². The van der Waals surface area contributed by atoms with Gasteiger partial charge in [0.25, 0.3) is 5.91 Å². The summed E-state index contributed by atoms with van der Waals surface area (Å²) in [5.41, 5.74) is 1.66. The first-order chi connectivity index (χ1) is 8.27. The molecule has 6 heteroatoms. The lowest BCUT2D eigenvalue weighted by Gasteiger charge is -2.13. The van der Waals surface area contributed by atoms with Gasteiger partial charge in [0.1, 0.15) is 5.52 Å². The van der Waals surface area contributed by atoms with Crippen molar-refractivity contribution in [2.24, 2.45) is 0 Å². The van der Waals surface area contributed by atoms with Crippen LogP contribution >= 0.6 is 0 Å². The van der Waals surface area contributed by atoms with Gasteiger partial charge in [-0.05, 0) is 12.1 Å². The second-order valence-electron chi connectivity index (χ2n) is 3.59. The van der Waals surface area contributed by atoms with E-state index in [-0.39, 0.29) is 12.5 Å². The number of nitrogens with zero attached hydrogens (tertiary/aromatic N) is 3. The van der Waals surface area contributed by atoms with Crippen molar-refractivity contribution < 1.29 is 9.59 Å². The Kier molecular flexibility index (Phi) is 2.01. The first kappa shape index (κ1) is 9.71. The average Bonchev–Trinajstić information content (AvgIpc) is 2.69. The maximum absolute atomic E-state index is 11.6. The van der Waals surface area contributed by atoms with Gasteiger partial charge >= 0.3 is 6.03 Å². The van der Waals surface area contributed by atoms with Crippen molar-refractivity contribution in [3.63, 3.8) is 0 Å². The van der Waals surface area contributed by atoms with Crippen LogP contribution in [0.15, 0.2) is 30.6 Å². The third-order valence-electron chi connectivity index (χ3n) is 2.56. The van der Waals surface area contributed by atoms with Gasteiger partial charge in [0.2, 0.25) is 0 Å². The van der Waals surface area contributed by atoms with E-state index in [9.17, 15) is 9.59 Å². The lowest BCUT2D eigenvalue weighted by Crippen LogP contribution is -2.30. The molecule has 17 heavy (non-hydrogen) atoms. The van der Waals surface area contributed by atoms with Crippen LogP contribution in [0, 0.1) is 0 Å². The fraction of sp³-hybridized carbons (Fsp3) is 0.0909. The number of anilines is 1. The van der Waals surface area contributed by atoms with Gasteiger partial charge in [-0.1, -0.05) is 6.07 Å². The Morgan fingerprint density at radius 2 is 2.00 bits per heavy atom. The van der Waals surface area contributed by atoms with Gasteiger partial charge in [0, 0.05) is 12.4 Å². The number of aromatic nitrogens is 2. The summed E-state index contributed by atoms with van der Waals surface area (Å²) in [5.74, 6) is -0.284. The second kappa shape index (κ2) is 3.51. The summed E-state index contributed by atoms with van der Waals surface area (Å²) in [6.07, 6.45) is 3.10. The zero-order valence-corrected chi connectivity index (χ0v) is 8.75. The van der Waals surface area contributed by atoms with E-state index in [2.05, 4.69) is 15.3 Å². The van der Waals surface area contributed by atoms with Gasteiger partial charge in [0.05, 0.1) is 17.7 Å². The van der Waals surface area contributed by atoms with Crippen LogP contribution in [0.25, 0.3) is 11.0 Å². The lowest BCUT2D eigenvalue weighted by molar-refractivity contribution is -0.115. The van der Waals surface area contributed by atoms with Gasteiger partial charge in [0.15, 0.2) is 0 Å². The van der Waals surface area contributed by atoms with Crippen LogP contribution in [0.3, 0.4) is 0 Å². The predicted octanol–water partition coefficient (Wildman–Crippen LogP) is 0.686. The molecule has 0 spiro atoms. The predicted molar refractivity (Wildman–Crippen MR) is 60.4 cm³/mol. The van der Waals surface area contributed by atoms with Gasteiger partial charge in [-0.2, -0.15) is 0 Å². The number of para-hydroxylation sites is 1. The highest BCUT2D eigenvalue weighted by Gasteiger charge is 2.31. The normalized spacial score (nSPS) is 15.4.